The maximum Gasteiger partial charge on any atom is 0.237 e. The lowest BCUT2D eigenvalue weighted by atomic mass is 9.89. The standard InChI is InChI=1S/C14H26N2O/c1-4-10-7-8-15-12(9-10)13(17)16-14(2,3)11-5-6-11/h10-12,15H,4-9H2,1-3H3,(H,16,17). The fraction of sp³-hybridized carbons (Fsp3) is 0.929. The molecule has 17 heavy (non-hydrogen) atoms. The highest BCUT2D eigenvalue weighted by molar-refractivity contribution is 5.82. The van der Waals surface area contributed by atoms with E-state index in [1.165, 1.54) is 25.7 Å². The van der Waals surface area contributed by atoms with Gasteiger partial charge in [0.15, 0.2) is 0 Å². The SMILES string of the molecule is CCC1CCNC(C(=O)NC(C)(C)C2CC2)C1. The van der Waals surface area contributed by atoms with Crippen molar-refractivity contribution in [3.63, 3.8) is 0 Å². The highest BCUT2D eigenvalue weighted by Gasteiger charge is 2.40. The molecular formula is C14H26N2O. The van der Waals surface area contributed by atoms with Crippen LogP contribution in [0.4, 0.5) is 0 Å². The van der Waals surface area contributed by atoms with Gasteiger partial charge in [0.2, 0.25) is 5.91 Å². The minimum atomic E-state index is -0.0160. The molecule has 1 saturated carbocycles. The van der Waals surface area contributed by atoms with Crippen LogP contribution in [0.2, 0.25) is 0 Å². The van der Waals surface area contributed by atoms with E-state index >= 15 is 0 Å². The lowest BCUT2D eigenvalue weighted by molar-refractivity contribution is -0.126. The van der Waals surface area contributed by atoms with E-state index in [1.54, 1.807) is 0 Å². The van der Waals surface area contributed by atoms with E-state index in [9.17, 15) is 4.79 Å². The summed E-state index contributed by atoms with van der Waals surface area (Å²) >= 11 is 0. The Kier molecular flexibility index (Phi) is 3.76. The largest absolute Gasteiger partial charge is 0.350 e. The molecule has 3 nitrogen and oxygen atoms in total. The topological polar surface area (TPSA) is 41.1 Å². The number of nitrogens with one attached hydrogen (secondary N) is 2. The van der Waals surface area contributed by atoms with Gasteiger partial charge in [0, 0.05) is 5.54 Å². The van der Waals surface area contributed by atoms with Gasteiger partial charge in [-0.05, 0) is 57.9 Å². The summed E-state index contributed by atoms with van der Waals surface area (Å²) in [6.45, 7) is 7.52. The minimum Gasteiger partial charge on any atom is -0.350 e. The molecule has 2 rings (SSSR count). The Balaban J connectivity index is 1.86. The third-order valence-electron chi connectivity index (χ3n) is 4.45. The predicted octanol–water partition coefficient (Wildman–Crippen LogP) is 2.07. The van der Waals surface area contributed by atoms with Crippen molar-refractivity contribution in [2.45, 2.75) is 64.5 Å². The van der Waals surface area contributed by atoms with Crippen molar-refractivity contribution in [3.8, 4) is 0 Å². The Bertz CT molecular complexity index is 284. The first kappa shape index (κ1) is 12.9. The molecule has 0 spiro atoms. The lowest BCUT2D eigenvalue weighted by Gasteiger charge is -2.33. The zero-order chi connectivity index (χ0) is 12.5. The van der Waals surface area contributed by atoms with Crippen LogP contribution in [-0.4, -0.2) is 24.0 Å². The average Bonchev–Trinajstić information content (AvgIpc) is 3.12. The van der Waals surface area contributed by atoms with Gasteiger partial charge in [-0.15, -0.1) is 0 Å². The van der Waals surface area contributed by atoms with Crippen molar-refractivity contribution in [2.75, 3.05) is 6.54 Å². The number of carbonyl (C=O) groups excluding carboxylic acids is 1. The second-order valence-electron chi connectivity index (χ2n) is 6.29. The van der Waals surface area contributed by atoms with Gasteiger partial charge in [0.1, 0.15) is 0 Å². The molecule has 1 amide bonds. The average molecular weight is 238 g/mol. The number of amides is 1. The fourth-order valence-electron chi connectivity index (χ4n) is 2.88. The highest BCUT2D eigenvalue weighted by Crippen LogP contribution is 2.39. The molecule has 2 aliphatic rings. The molecule has 98 valence electrons. The Hall–Kier alpha value is -0.570. The van der Waals surface area contributed by atoms with Gasteiger partial charge in [0.25, 0.3) is 0 Å². The van der Waals surface area contributed by atoms with Crippen LogP contribution in [0.3, 0.4) is 0 Å². The van der Waals surface area contributed by atoms with E-state index < -0.39 is 0 Å². The van der Waals surface area contributed by atoms with E-state index in [2.05, 4.69) is 31.4 Å². The molecule has 2 unspecified atom stereocenters. The van der Waals surface area contributed by atoms with Gasteiger partial charge in [-0.3, -0.25) is 4.79 Å². The van der Waals surface area contributed by atoms with Crippen LogP contribution >= 0.6 is 0 Å². The maximum atomic E-state index is 12.2. The second kappa shape index (κ2) is 4.97. The second-order valence-corrected chi connectivity index (χ2v) is 6.29. The summed E-state index contributed by atoms with van der Waals surface area (Å²) in [5, 5.41) is 6.58. The number of hydrogen-bond acceptors (Lipinski definition) is 2. The molecule has 0 aromatic heterocycles. The van der Waals surface area contributed by atoms with E-state index in [1.807, 2.05) is 0 Å². The van der Waals surface area contributed by atoms with Crippen molar-refractivity contribution < 1.29 is 4.79 Å². The van der Waals surface area contributed by atoms with E-state index in [0.717, 1.165) is 18.9 Å². The van der Waals surface area contributed by atoms with E-state index in [0.29, 0.717) is 5.92 Å². The number of rotatable bonds is 4. The molecule has 1 heterocycles. The minimum absolute atomic E-state index is 0.0160. The van der Waals surface area contributed by atoms with Crippen molar-refractivity contribution in [3.05, 3.63) is 0 Å². The Morgan fingerprint density at radius 3 is 2.65 bits per heavy atom. The molecule has 2 N–H and O–H groups in total. The first-order chi connectivity index (χ1) is 8.03. The van der Waals surface area contributed by atoms with Gasteiger partial charge in [-0.1, -0.05) is 13.3 Å². The zero-order valence-corrected chi connectivity index (χ0v) is 11.4. The smallest absolute Gasteiger partial charge is 0.237 e. The maximum absolute atomic E-state index is 12.2. The van der Waals surface area contributed by atoms with Crippen molar-refractivity contribution >= 4 is 5.91 Å². The highest BCUT2D eigenvalue weighted by atomic mass is 16.2. The number of piperidine rings is 1. The van der Waals surface area contributed by atoms with Crippen molar-refractivity contribution in [1.29, 1.82) is 0 Å². The van der Waals surface area contributed by atoms with Gasteiger partial charge in [-0.25, -0.2) is 0 Å². The first-order valence-electron chi connectivity index (χ1n) is 7.08. The Morgan fingerprint density at radius 1 is 1.35 bits per heavy atom. The van der Waals surface area contributed by atoms with Crippen molar-refractivity contribution in [1.82, 2.24) is 10.6 Å². The first-order valence-corrected chi connectivity index (χ1v) is 7.08. The molecule has 1 aliphatic heterocycles. The van der Waals surface area contributed by atoms with Crippen LogP contribution in [0, 0.1) is 11.8 Å². The normalized spacial score (nSPS) is 30.1. The van der Waals surface area contributed by atoms with E-state index in [4.69, 9.17) is 0 Å². The van der Waals surface area contributed by atoms with E-state index in [-0.39, 0.29) is 17.5 Å². The molecule has 1 aliphatic carbocycles. The third kappa shape index (κ3) is 3.21. The Morgan fingerprint density at radius 2 is 2.06 bits per heavy atom. The molecular weight excluding hydrogens is 212 g/mol. The van der Waals surface area contributed by atoms with Gasteiger partial charge >= 0.3 is 0 Å². The summed E-state index contributed by atoms with van der Waals surface area (Å²) in [6.07, 6.45) is 5.94. The quantitative estimate of drug-likeness (QED) is 0.787. The molecule has 2 atom stereocenters. The summed E-state index contributed by atoms with van der Waals surface area (Å²) in [4.78, 5) is 12.2. The predicted molar refractivity (Wildman–Crippen MR) is 69.8 cm³/mol. The van der Waals surface area contributed by atoms with Crippen LogP contribution in [0.1, 0.15) is 52.9 Å². The zero-order valence-electron chi connectivity index (χ0n) is 11.4. The number of hydrogen-bond donors (Lipinski definition) is 2. The molecule has 3 heteroatoms. The molecule has 0 aromatic rings. The number of carbonyl (C=O) groups is 1. The summed E-state index contributed by atoms with van der Waals surface area (Å²) < 4.78 is 0. The van der Waals surface area contributed by atoms with Crippen LogP contribution in [0.15, 0.2) is 0 Å². The summed E-state index contributed by atoms with van der Waals surface area (Å²) in [7, 11) is 0. The van der Waals surface area contributed by atoms with Gasteiger partial charge in [-0.2, -0.15) is 0 Å². The van der Waals surface area contributed by atoms with Crippen LogP contribution in [-0.2, 0) is 4.79 Å². The van der Waals surface area contributed by atoms with Crippen LogP contribution < -0.4 is 10.6 Å². The third-order valence-corrected chi connectivity index (χ3v) is 4.45. The van der Waals surface area contributed by atoms with Gasteiger partial charge in [0.05, 0.1) is 6.04 Å². The molecule has 1 saturated heterocycles. The summed E-state index contributed by atoms with van der Waals surface area (Å²) in [5.74, 6) is 1.62. The molecule has 0 bridgehead atoms. The van der Waals surface area contributed by atoms with Crippen molar-refractivity contribution in [2.24, 2.45) is 11.8 Å². The van der Waals surface area contributed by atoms with Crippen LogP contribution in [0.5, 0.6) is 0 Å². The molecule has 0 aromatic carbocycles. The lowest BCUT2D eigenvalue weighted by Crippen LogP contribution is -2.55. The van der Waals surface area contributed by atoms with Gasteiger partial charge < -0.3 is 10.6 Å². The Labute approximate surface area is 105 Å². The molecule has 0 radical (unpaired) electrons. The summed E-state index contributed by atoms with van der Waals surface area (Å²) in [5.41, 5.74) is -0.0160. The van der Waals surface area contributed by atoms with Crippen LogP contribution in [0.25, 0.3) is 0 Å². The molecule has 2 fully saturated rings. The fourth-order valence-corrected chi connectivity index (χ4v) is 2.88. The monoisotopic (exact) mass is 238 g/mol. The summed E-state index contributed by atoms with van der Waals surface area (Å²) in [6, 6.07) is 0.0340.